The number of benzene rings is 1. The number of fused-ring (bicyclic) bond motifs is 1. The fraction of sp³-hybridized carbons (Fsp3) is 0.562. The minimum Gasteiger partial charge on any atom is -0.492 e. The monoisotopic (exact) mass is 259 g/mol. The first-order valence-electron chi connectivity index (χ1n) is 7.34. The van der Waals surface area contributed by atoms with Crippen LogP contribution in [0.2, 0.25) is 0 Å². The SMILES string of the molecule is CCOc1ccccc1NC(=O)C1C2CCCCC21. The van der Waals surface area contributed by atoms with Crippen LogP contribution in [0, 0.1) is 17.8 Å². The molecule has 2 saturated carbocycles. The third-order valence-corrected chi connectivity index (χ3v) is 4.40. The molecule has 2 fully saturated rings. The van der Waals surface area contributed by atoms with E-state index in [0.717, 1.165) is 11.4 Å². The molecule has 0 radical (unpaired) electrons. The van der Waals surface area contributed by atoms with Crippen LogP contribution in [0.5, 0.6) is 5.75 Å². The van der Waals surface area contributed by atoms with Gasteiger partial charge >= 0.3 is 0 Å². The number of ether oxygens (including phenoxy) is 1. The zero-order valence-electron chi connectivity index (χ0n) is 11.4. The molecule has 1 aromatic carbocycles. The molecule has 0 aromatic heterocycles. The Balaban J connectivity index is 1.67. The third-order valence-electron chi connectivity index (χ3n) is 4.40. The number of para-hydroxylation sites is 2. The first-order valence-corrected chi connectivity index (χ1v) is 7.34. The van der Waals surface area contributed by atoms with Crippen LogP contribution in [0.1, 0.15) is 32.6 Å². The zero-order chi connectivity index (χ0) is 13.2. The van der Waals surface area contributed by atoms with Crippen LogP contribution in [-0.2, 0) is 4.79 Å². The molecule has 3 heteroatoms. The second kappa shape index (κ2) is 5.24. The molecule has 0 saturated heterocycles. The van der Waals surface area contributed by atoms with Crippen molar-refractivity contribution in [3.8, 4) is 5.75 Å². The predicted molar refractivity (Wildman–Crippen MR) is 75.2 cm³/mol. The lowest BCUT2D eigenvalue weighted by atomic mass is 10.0. The average molecular weight is 259 g/mol. The molecule has 0 aliphatic heterocycles. The summed E-state index contributed by atoms with van der Waals surface area (Å²) in [5.74, 6) is 2.49. The van der Waals surface area contributed by atoms with E-state index < -0.39 is 0 Å². The van der Waals surface area contributed by atoms with Gasteiger partial charge in [0, 0.05) is 5.92 Å². The van der Waals surface area contributed by atoms with Crippen molar-refractivity contribution in [3.05, 3.63) is 24.3 Å². The molecule has 0 bridgehead atoms. The maximum Gasteiger partial charge on any atom is 0.228 e. The number of rotatable bonds is 4. The van der Waals surface area contributed by atoms with Crippen molar-refractivity contribution < 1.29 is 9.53 Å². The van der Waals surface area contributed by atoms with Crippen molar-refractivity contribution >= 4 is 11.6 Å². The smallest absolute Gasteiger partial charge is 0.228 e. The highest BCUT2D eigenvalue weighted by Crippen LogP contribution is 2.55. The molecular weight excluding hydrogens is 238 g/mol. The Labute approximate surface area is 114 Å². The van der Waals surface area contributed by atoms with E-state index in [1.807, 2.05) is 31.2 Å². The van der Waals surface area contributed by atoms with Gasteiger partial charge in [-0.25, -0.2) is 0 Å². The Morgan fingerprint density at radius 1 is 1.26 bits per heavy atom. The van der Waals surface area contributed by atoms with Gasteiger partial charge in [0.15, 0.2) is 0 Å². The predicted octanol–water partition coefficient (Wildman–Crippen LogP) is 3.46. The normalized spacial score (nSPS) is 28.4. The first-order chi connectivity index (χ1) is 9.31. The van der Waals surface area contributed by atoms with E-state index in [1.165, 1.54) is 25.7 Å². The van der Waals surface area contributed by atoms with Crippen molar-refractivity contribution in [1.29, 1.82) is 0 Å². The van der Waals surface area contributed by atoms with E-state index in [4.69, 9.17) is 4.74 Å². The van der Waals surface area contributed by atoms with Crippen LogP contribution < -0.4 is 10.1 Å². The maximum absolute atomic E-state index is 12.3. The molecule has 19 heavy (non-hydrogen) atoms. The van der Waals surface area contributed by atoms with Crippen molar-refractivity contribution in [1.82, 2.24) is 0 Å². The Hall–Kier alpha value is -1.51. The molecule has 2 atom stereocenters. The van der Waals surface area contributed by atoms with Crippen molar-refractivity contribution in [2.24, 2.45) is 17.8 Å². The lowest BCUT2D eigenvalue weighted by Crippen LogP contribution is -2.16. The molecule has 3 nitrogen and oxygen atoms in total. The molecule has 1 aromatic rings. The minimum atomic E-state index is 0.184. The first kappa shape index (κ1) is 12.5. The topological polar surface area (TPSA) is 38.3 Å². The van der Waals surface area contributed by atoms with Crippen LogP contribution in [-0.4, -0.2) is 12.5 Å². The quantitative estimate of drug-likeness (QED) is 0.899. The van der Waals surface area contributed by atoms with Gasteiger partial charge < -0.3 is 10.1 Å². The fourth-order valence-electron chi connectivity index (χ4n) is 3.45. The van der Waals surface area contributed by atoms with Gasteiger partial charge in [-0.05, 0) is 43.7 Å². The Bertz CT molecular complexity index is 460. The highest BCUT2D eigenvalue weighted by molar-refractivity contribution is 5.96. The summed E-state index contributed by atoms with van der Waals surface area (Å²) in [6, 6.07) is 7.67. The molecular formula is C16H21NO2. The number of carbonyl (C=O) groups excluding carboxylic acids is 1. The largest absolute Gasteiger partial charge is 0.492 e. The molecule has 1 amide bonds. The van der Waals surface area contributed by atoms with E-state index in [2.05, 4.69) is 5.32 Å². The van der Waals surface area contributed by atoms with Gasteiger partial charge in [-0.3, -0.25) is 4.79 Å². The Morgan fingerprint density at radius 3 is 2.63 bits per heavy atom. The lowest BCUT2D eigenvalue weighted by molar-refractivity contribution is -0.117. The third kappa shape index (κ3) is 2.46. The van der Waals surface area contributed by atoms with E-state index in [1.54, 1.807) is 0 Å². The second-order valence-electron chi connectivity index (χ2n) is 5.56. The van der Waals surface area contributed by atoms with Gasteiger partial charge in [-0.2, -0.15) is 0 Å². The Kier molecular flexibility index (Phi) is 3.45. The van der Waals surface area contributed by atoms with Crippen molar-refractivity contribution in [2.75, 3.05) is 11.9 Å². The number of carbonyl (C=O) groups is 1. The molecule has 3 rings (SSSR count). The van der Waals surface area contributed by atoms with Crippen molar-refractivity contribution in [3.63, 3.8) is 0 Å². The summed E-state index contributed by atoms with van der Waals surface area (Å²) in [6.45, 7) is 2.57. The zero-order valence-corrected chi connectivity index (χ0v) is 11.4. The van der Waals surface area contributed by atoms with Gasteiger partial charge in [0.25, 0.3) is 0 Å². The maximum atomic E-state index is 12.3. The van der Waals surface area contributed by atoms with Gasteiger partial charge in [-0.15, -0.1) is 0 Å². The second-order valence-corrected chi connectivity index (χ2v) is 5.56. The molecule has 0 spiro atoms. The standard InChI is InChI=1S/C16H21NO2/c1-2-19-14-10-6-5-9-13(14)17-16(18)15-11-7-3-4-8-12(11)15/h5-6,9-12,15H,2-4,7-8H2,1H3,(H,17,18). The highest BCUT2D eigenvalue weighted by Gasteiger charge is 2.54. The van der Waals surface area contributed by atoms with Crippen LogP contribution in [0.3, 0.4) is 0 Å². The van der Waals surface area contributed by atoms with Gasteiger partial charge in [-0.1, -0.05) is 25.0 Å². The van der Waals surface area contributed by atoms with Crippen molar-refractivity contribution in [2.45, 2.75) is 32.6 Å². The summed E-state index contributed by atoms with van der Waals surface area (Å²) in [4.78, 5) is 12.3. The summed E-state index contributed by atoms with van der Waals surface area (Å²) >= 11 is 0. The van der Waals surface area contributed by atoms with Crippen LogP contribution in [0.25, 0.3) is 0 Å². The summed E-state index contributed by atoms with van der Waals surface area (Å²) in [5.41, 5.74) is 0.804. The van der Waals surface area contributed by atoms with E-state index >= 15 is 0 Å². The van der Waals surface area contributed by atoms with Gasteiger partial charge in [0.2, 0.25) is 5.91 Å². The van der Waals surface area contributed by atoms with E-state index in [0.29, 0.717) is 18.4 Å². The number of amides is 1. The van der Waals surface area contributed by atoms with Crippen LogP contribution in [0.15, 0.2) is 24.3 Å². The molecule has 2 aliphatic rings. The van der Waals surface area contributed by atoms with Crippen LogP contribution >= 0.6 is 0 Å². The summed E-state index contributed by atoms with van der Waals surface area (Å²) in [7, 11) is 0. The number of hydrogen-bond donors (Lipinski definition) is 1. The number of hydrogen-bond acceptors (Lipinski definition) is 2. The van der Waals surface area contributed by atoms with Gasteiger partial charge in [0.05, 0.1) is 12.3 Å². The molecule has 2 aliphatic carbocycles. The summed E-state index contributed by atoms with van der Waals surface area (Å²) in [6.07, 6.45) is 5.05. The fourth-order valence-corrected chi connectivity index (χ4v) is 3.45. The molecule has 2 unspecified atom stereocenters. The molecule has 102 valence electrons. The molecule has 1 N–H and O–H groups in total. The number of anilines is 1. The number of nitrogens with one attached hydrogen (secondary N) is 1. The lowest BCUT2D eigenvalue weighted by Gasteiger charge is -2.11. The molecule has 0 heterocycles. The van der Waals surface area contributed by atoms with E-state index in [-0.39, 0.29) is 11.8 Å². The highest BCUT2D eigenvalue weighted by atomic mass is 16.5. The Morgan fingerprint density at radius 2 is 1.95 bits per heavy atom. The summed E-state index contributed by atoms with van der Waals surface area (Å²) < 4.78 is 5.54. The average Bonchev–Trinajstić information content (AvgIpc) is 3.15. The van der Waals surface area contributed by atoms with Crippen LogP contribution in [0.4, 0.5) is 5.69 Å². The van der Waals surface area contributed by atoms with Gasteiger partial charge in [0.1, 0.15) is 5.75 Å². The van der Waals surface area contributed by atoms with E-state index in [9.17, 15) is 4.79 Å². The summed E-state index contributed by atoms with van der Waals surface area (Å²) in [5, 5.41) is 3.05. The minimum absolute atomic E-state index is 0.184.